The van der Waals surface area contributed by atoms with Crippen molar-refractivity contribution < 1.29 is 19.2 Å². The number of rotatable bonds is 5. The van der Waals surface area contributed by atoms with Gasteiger partial charge in [0.1, 0.15) is 5.76 Å². The van der Waals surface area contributed by atoms with Gasteiger partial charge in [-0.1, -0.05) is 0 Å². The molecular weight excluding hydrogens is 266 g/mol. The second-order valence-corrected chi connectivity index (χ2v) is 4.00. The Balaban J connectivity index is 2.15. The van der Waals surface area contributed by atoms with Gasteiger partial charge in [-0.2, -0.15) is 0 Å². The van der Waals surface area contributed by atoms with Crippen LogP contribution in [0.4, 0.5) is 11.5 Å². The molecule has 0 aliphatic carbocycles. The molecule has 0 spiro atoms. The van der Waals surface area contributed by atoms with Crippen LogP contribution in [-0.4, -0.2) is 21.0 Å². The molecule has 0 saturated heterocycles. The highest BCUT2D eigenvalue weighted by Gasteiger charge is 2.16. The smallest absolute Gasteiger partial charge is 0.371 e. The number of nitrogens with one attached hydrogen (secondary N) is 1. The summed E-state index contributed by atoms with van der Waals surface area (Å²) in [4.78, 5) is 25.0. The summed E-state index contributed by atoms with van der Waals surface area (Å²) in [7, 11) is 0. The third-order valence-electron chi connectivity index (χ3n) is 2.51. The average Bonchev–Trinajstić information content (AvgIpc) is 2.85. The summed E-state index contributed by atoms with van der Waals surface area (Å²) in [6, 6.07) is 5.70. The van der Waals surface area contributed by atoms with Crippen molar-refractivity contribution in [1.82, 2.24) is 4.98 Å². The first kappa shape index (κ1) is 13.5. The van der Waals surface area contributed by atoms with Crippen LogP contribution in [-0.2, 0) is 6.54 Å². The van der Waals surface area contributed by atoms with Crippen LogP contribution in [0, 0.1) is 17.0 Å². The molecule has 0 bridgehead atoms. The van der Waals surface area contributed by atoms with E-state index in [0.29, 0.717) is 11.5 Å². The summed E-state index contributed by atoms with van der Waals surface area (Å²) in [5.41, 5.74) is 0.476. The largest absolute Gasteiger partial charge is 0.475 e. The van der Waals surface area contributed by atoms with Gasteiger partial charge in [-0.3, -0.25) is 10.1 Å². The highest BCUT2D eigenvalue weighted by molar-refractivity contribution is 5.84. The Morgan fingerprint density at radius 1 is 1.45 bits per heavy atom. The molecule has 8 heteroatoms. The van der Waals surface area contributed by atoms with Crippen molar-refractivity contribution in [3.05, 3.63) is 51.6 Å². The fraction of sp³-hybridized carbons (Fsp3) is 0.167. The van der Waals surface area contributed by atoms with Crippen LogP contribution in [0.25, 0.3) is 0 Å². The zero-order chi connectivity index (χ0) is 14.7. The minimum absolute atomic E-state index is 0.102. The van der Waals surface area contributed by atoms with Gasteiger partial charge in [-0.15, -0.1) is 0 Å². The zero-order valence-corrected chi connectivity index (χ0v) is 10.5. The zero-order valence-electron chi connectivity index (χ0n) is 10.5. The molecular formula is C12H11N3O5. The number of aromatic nitrogens is 1. The number of hydrogen-bond acceptors (Lipinski definition) is 6. The molecule has 2 N–H and O–H groups in total. The third-order valence-corrected chi connectivity index (χ3v) is 2.51. The summed E-state index contributed by atoms with van der Waals surface area (Å²) < 4.78 is 5.04. The highest BCUT2D eigenvalue weighted by atomic mass is 16.6. The standard InChI is InChI=1S/C12H11N3O5/c1-7-2-4-9(15(18)19)11(14-7)13-6-8-3-5-10(20-8)12(16)17/h2-5H,6H2,1H3,(H,13,14)(H,16,17). The molecule has 8 nitrogen and oxygen atoms in total. The third kappa shape index (κ3) is 2.91. The number of aryl methyl sites for hydroxylation is 1. The molecule has 2 heterocycles. The Bertz CT molecular complexity index is 665. The van der Waals surface area contributed by atoms with E-state index < -0.39 is 10.9 Å². The van der Waals surface area contributed by atoms with Crippen LogP contribution in [0.3, 0.4) is 0 Å². The van der Waals surface area contributed by atoms with E-state index in [1.54, 1.807) is 13.0 Å². The molecule has 2 aromatic heterocycles. The van der Waals surface area contributed by atoms with E-state index in [1.807, 2.05) is 0 Å². The van der Waals surface area contributed by atoms with Crippen LogP contribution >= 0.6 is 0 Å². The first-order valence-corrected chi connectivity index (χ1v) is 5.65. The summed E-state index contributed by atoms with van der Waals surface area (Å²) in [5.74, 6) is -0.896. The van der Waals surface area contributed by atoms with Crippen molar-refractivity contribution >= 4 is 17.5 Å². The van der Waals surface area contributed by atoms with Crippen molar-refractivity contribution in [1.29, 1.82) is 0 Å². The lowest BCUT2D eigenvalue weighted by Crippen LogP contribution is -2.05. The van der Waals surface area contributed by atoms with Crippen molar-refractivity contribution in [3.8, 4) is 0 Å². The molecule has 20 heavy (non-hydrogen) atoms. The fourth-order valence-corrected chi connectivity index (χ4v) is 1.59. The van der Waals surface area contributed by atoms with Gasteiger partial charge < -0.3 is 14.8 Å². The van der Waals surface area contributed by atoms with Crippen LogP contribution in [0.5, 0.6) is 0 Å². The van der Waals surface area contributed by atoms with E-state index >= 15 is 0 Å². The van der Waals surface area contributed by atoms with Crippen LogP contribution in [0.1, 0.15) is 22.0 Å². The lowest BCUT2D eigenvalue weighted by Gasteiger charge is -2.05. The molecule has 0 saturated carbocycles. The number of nitro groups is 1. The summed E-state index contributed by atoms with van der Waals surface area (Å²) in [6.07, 6.45) is 0. The molecule has 0 aromatic carbocycles. The Hall–Kier alpha value is -2.90. The molecule has 2 aromatic rings. The van der Waals surface area contributed by atoms with Gasteiger partial charge >= 0.3 is 11.7 Å². The SMILES string of the molecule is Cc1ccc([N+](=O)[O-])c(NCc2ccc(C(=O)O)o2)n1. The maximum Gasteiger partial charge on any atom is 0.371 e. The minimum Gasteiger partial charge on any atom is -0.475 e. The van der Waals surface area contributed by atoms with Crippen LogP contribution in [0.15, 0.2) is 28.7 Å². The van der Waals surface area contributed by atoms with Crippen LogP contribution < -0.4 is 5.32 Å². The molecule has 0 aliphatic heterocycles. The maximum atomic E-state index is 10.9. The molecule has 0 fully saturated rings. The Morgan fingerprint density at radius 2 is 2.20 bits per heavy atom. The molecule has 0 unspecified atom stereocenters. The molecule has 0 atom stereocenters. The quantitative estimate of drug-likeness (QED) is 0.635. The fourth-order valence-electron chi connectivity index (χ4n) is 1.59. The van der Waals surface area contributed by atoms with Gasteiger partial charge in [0.05, 0.1) is 11.5 Å². The predicted octanol–water partition coefficient (Wildman–Crippen LogP) is 2.20. The van der Waals surface area contributed by atoms with E-state index in [0.717, 1.165) is 0 Å². The number of furan rings is 1. The van der Waals surface area contributed by atoms with E-state index in [2.05, 4.69) is 10.3 Å². The summed E-state index contributed by atoms with van der Waals surface area (Å²) in [5, 5.41) is 22.3. The van der Waals surface area contributed by atoms with E-state index in [-0.39, 0.29) is 23.8 Å². The summed E-state index contributed by atoms with van der Waals surface area (Å²) >= 11 is 0. The van der Waals surface area contributed by atoms with E-state index in [4.69, 9.17) is 9.52 Å². The van der Waals surface area contributed by atoms with E-state index in [9.17, 15) is 14.9 Å². The number of hydrogen-bond donors (Lipinski definition) is 2. The predicted molar refractivity (Wildman–Crippen MR) is 68.6 cm³/mol. The normalized spacial score (nSPS) is 10.2. The first-order chi connectivity index (χ1) is 9.47. The summed E-state index contributed by atoms with van der Waals surface area (Å²) in [6.45, 7) is 1.81. The minimum atomic E-state index is -1.17. The Kier molecular flexibility index (Phi) is 3.65. The van der Waals surface area contributed by atoms with Gasteiger partial charge in [-0.05, 0) is 25.1 Å². The van der Waals surface area contributed by atoms with Gasteiger partial charge in [-0.25, -0.2) is 9.78 Å². The molecule has 0 radical (unpaired) electrons. The van der Waals surface area contributed by atoms with Crippen molar-refractivity contribution in [2.45, 2.75) is 13.5 Å². The van der Waals surface area contributed by atoms with Gasteiger partial charge in [0, 0.05) is 11.8 Å². The Labute approximate surface area is 113 Å². The second kappa shape index (κ2) is 5.39. The average molecular weight is 277 g/mol. The van der Waals surface area contributed by atoms with Gasteiger partial charge in [0.15, 0.2) is 0 Å². The Morgan fingerprint density at radius 3 is 2.80 bits per heavy atom. The van der Waals surface area contributed by atoms with E-state index in [1.165, 1.54) is 18.2 Å². The molecule has 104 valence electrons. The van der Waals surface area contributed by atoms with Gasteiger partial charge in [0.25, 0.3) is 0 Å². The molecule has 0 amide bonds. The lowest BCUT2D eigenvalue weighted by molar-refractivity contribution is -0.384. The van der Waals surface area contributed by atoms with Crippen molar-refractivity contribution in [2.24, 2.45) is 0 Å². The number of anilines is 1. The van der Waals surface area contributed by atoms with Crippen LogP contribution in [0.2, 0.25) is 0 Å². The molecule has 2 rings (SSSR count). The number of carboxylic acid groups (broad SMARTS) is 1. The van der Waals surface area contributed by atoms with Crippen molar-refractivity contribution in [3.63, 3.8) is 0 Å². The van der Waals surface area contributed by atoms with Crippen molar-refractivity contribution in [2.75, 3.05) is 5.32 Å². The number of carbonyl (C=O) groups is 1. The second-order valence-electron chi connectivity index (χ2n) is 4.00. The maximum absolute atomic E-state index is 10.9. The monoisotopic (exact) mass is 277 g/mol. The number of aromatic carboxylic acids is 1. The topological polar surface area (TPSA) is 119 Å². The lowest BCUT2D eigenvalue weighted by atomic mass is 10.3. The number of pyridine rings is 1. The molecule has 0 aliphatic rings. The first-order valence-electron chi connectivity index (χ1n) is 5.65. The number of nitrogens with zero attached hydrogens (tertiary/aromatic N) is 2. The van der Waals surface area contributed by atoms with Gasteiger partial charge in [0.2, 0.25) is 11.6 Å². The number of carboxylic acids is 1. The highest BCUT2D eigenvalue weighted by Crippen LogP contribution is 2.22.